The van der Waals surface area contributed by atoms with E-state index in [0.29, 0.717) is 0 Å². The number of ether oxygens (including phenoxy) is 1. The average Bonchev–Trinajstić information content (AvgIpc) is 2.36. The number of benzene rings is 1. The van der Waals surface area contributed by atoms with E-state index in [1.807, 2.05) is 30.3 Å². The van der Waals surface area contributed by atoms with Gasteiger partial charge in [0.25, 0.3) is 0 Å². The van der Waals surface area contributed by atoms with Gasteiger partial charge in [-0.25, -0.2) is 0 Å². The average molecular weight is 288 g/mol. The number of rotatable bonds is 6. The maximum Gasteiger partial charge on any atom is 1.00 e. The van der Waals surface area contributed by atoms with E-state index in [1.165, 1.54) is 6.92 Å². The number of carbonyl (C=O) groups is 2. The Bertz CT molecular complexity index is 405. The third-order valence-electron chi connectivity index (χ3n) is 2.74. The number of hydrogen-bond donors (Lipinski definition) is 0. The molecule has 0 aliphatic carbocycles. The Morgan fingerprint density at radius 3 is 2.26 bits per heavy atom. The molecule has 0 N–H and O–H groups in total. The number of carboxylic acids is 1. The Morgan fingerprint density at radius 2 is 1.74 bits per heavy atom. The van der Waals surface area contributed by atoms with Crippen LogP contribution >= 0.6 is 0 Å². The fourth-order valence-corrected chi connectivity index (χ4v) is 1.59. The third-order valence-corrected chi connectivity index (χ3v) is 2.74. The van der Waals surface area contributed by atoms with E-state index in [1.54, 1.807) is 6.92 Å². The van der Waals surface area contributed by atoms with Gasteiger partial charge in [-0.1, -0.05) is 44.2 Å². The Kier molecular flexibility index (Phi) is 9.56. The Balaban J connectivity index is 0.00000324. The molecule has 98 valence electrons. The van der Waals surface area contributed by atoms with Crippen LogP contribution in [-0.4, -0.2) is 11.9 Å². The van der Waals surface area contributed by atoms with E-state index >= 15 is 0 Å². The molecule has 0 bridgehead atoms. The fraction of sp³-hybridized carbons (Fsp3) is 0.429. The van der Waals surface area contributed by atoms with Crippen LogP contribution in [0.5, 0.6) is 0 Å². The predicted molar refractivity (Wildman–Crippen MR) is 64.2 cm³/mol. The summed E-state index contributed by atoms with van der Waals surface area (Å²) < 4.78 is 5.12. The smallest absolute Gasteiger partial charge is 0.550 e. The summed E-state index contributed by atoms with van der Waals surface area (Å²) in [6.45, 7) is 3.40. The summed E-state index contributed by atoms with van der Waals surface area (Å²) in [5.74, 6) is -2.62. The summed E-state index contributed by atoms with van der Waals surface area (Å²) in [5.41, 5.74) is 0.908. The van der Waals surface area contributed by atoms with Crippen molar-refractivity contribution in [3.63, 3.8) is 0 Å². The van der Waals surface area contributed by atoms with Gasteiger partial charge in [-0.3, -0.25) is 4.79 Å². The quantitative estimate of drug-likeness (QED) is 0.455. The van der Waals surface area contributed by atoms with Crippen LogP contribution in [0.2, 0.25) is 0 Å². The Labute approximate surface area is 156 Å². The standard InChI is InChI=1S/C14H18O4.K/c1-10(13(15)16)8-11(2)14(17)18-9-12-6-4-3-5-7-12;/h3-7,10-11H,8-9H2,1-2H3,(H,15,16);/q;+1/p-1/t10-,11-;/m1./s1. The summed E-state index contributed by atoms with van der Waals surface area (Å²) in [5, 5.41) is 10.6. The van der Waals surface area contributed by atoms with Gasteiger partial charge in [-0.15, -0.1) is 0 Å². The second-order valence-electron chi connectivity index (χ2n) is 4.45. The van der Waals surface area contributed by atoms with E-state index in [-0.39, 0.29) is 70.4 Å². The fourth-order valence-electron chi connectivity index (χ4n) is 1.59. The molecule has 1 aromatic rings. The molecule has 0 spiro atoms. The topological polar surface area (TPSA) is 66.4 Å². The molecule has 0 radical (unpaired) electrons. The van der Waals surface area contributed by atoms with E-state index in [4.69, 9.17) is 4.74 Å². The zero-order chi connectivity index (χ0) is 13.5. The minimum atomic E-state index is -1.14. The van der Waals surface area contributed by atoms with Crippen molar-refractivity contribution in [1.82, 2.24) is 0 Å². The van der Waals surface area contributed by atoms with Gasteiger partial charge >= 0.3 is 57.4 Å². The van der Waals surface area contributed by atoms with Crippen molar-refractivity contribution in [2.45, 2.75) is 26.9 Å². The number of aliphatic carboxylic acids is 1. The SMILES string of the molecule is C[C@H](C[C@@H](C)C(=O)OCc1ccccc1)C(=O)[O-].[K+]. The van der Waals surface area contributed by atoms with Crippen LogP contribution in [0.1, 0.15) is 25.8 Å². The summed E-state index contributed by atoms with van der Waals surface area (Å²) in [6.07, 6.45) is 0.232. The maximum absolute atomic E-state index is 11.6. The van der Waals surface area contributed by atoms with Gasteiger partial charge < -0.3 is 14.6 Å². The third kappa shape index (κ3) is 7.22. The number of carboxylic acid groups (broad SMARTS) is 1. The van der Waals surface area contributed by atoms with Crippen molar-refractivity contribution in [2.75, 3.05) is 0 Å². The molecule has 0 saturated carbocycles. The van der Waals surface area contributed by atoms with Crippen molar-refractivity contribution in [2.24, 2.45) is 11.8 Å². The van der Waals surface area contributed by atoms with Crippen LogP contribution in [0.25, 0.3) is 0 Å². The number of esters is 1. The van der Waals surface area contributed by atoms with E-state index in [2.05, 4.69) is 0 Å². The van der Waals surface area contributed by atoms with Crippen molar-refractivity contribution < 1.29 is 70.8 Å². The summed E-state index contributed by atoms with van der Waals surface area (Å²) in [4.78, 5) is 22.2. The van der Waals surface area contributed by atoms with Crippen LogP contribution in [-0.2, 0) is 20.9 Å². The van der Waals surface area contributed by atoms with Crippen molar-refractivity contribution >= 4 is 11.9 Å². The molecule has 0 aromatic heterocycles. The summed E-state index contributed by atoms with van der Waals surface area (Å²) in [7, 11) is 0. The molecule has 0 aliphatic heterocycles. The maximum atomic E-state index is 11.6. The molecule has 4 nitrogen and oxygen atoms in total. The van der Waals surface area contributed by atoms with E-state index in [0.717, 1.165) is 5.56 Å². The van der Waals surface area contributed by atoms with Gasteiger partial charge in [0.1, 0.15) is 6.61 Å². The van der Waals surface area contributed by atoms with Crippen molar-refractivity contribution in [1.29, 1.82) is 0 Å². The number of hydrogen-bond acceptors (Lipinski definition) is 4. The molecule has 0 aliphatic rings. The predicted octanol–water partition coefficient (Wildman–Crippen LogP) is -1.85. The monoisotopic (exact) mass is 288 g/mol. The Morgan fingerprint density at radius 1 is 1.16 bits per heavy atom. The Hall–Kier alpha value is -0.204. The van der Waals surface area contributed by atoms with Crippen molar-refractivity contribution in [3.8, 4) is 0 Å². The van der Waals surface area contributed by atoms with Crippen molar-refractivity contribution in [3.05, 3.63) is 35.9 Å². The minimum Gasteiger partial charge on any atom is -0.550 e. The first kappa shape index (κ1) is 18.8. The van der Waals surface area contributed by atoms with Crippen LogP contribution in [0, 0.1) is 11.8 Å². The van der Waals surface area contributed by atoms with Crippen LogP contribution in [0.15, 0.2) is 30.3 Å². The summed E-state index contributed by atoms with van der Waals surface area (Å²) >= 11 is 0. The van der Waals surface area contributed by atoms with Gasteiger partial charge in [0, 0.05) is 5.97 Å². The molecule has 5 heteroatoms. The first-order chi connectivity index (χ1) is 8.50. The van der Waals surface area contributed by atoms with Crippen LogP contribution in [0.3, 0.4) is 0 Å². The molecule has 0 saturated heterocycles. The first-order valence-electron chi connectivity index (χ1n) is 5.92. The van der Waals surface area contributed by atoms with E-state index < -0.39 is 17.8 Å². The van der Waals surface area contributed by atoms with E-state index in [9.17, 15) is 14.7 Å². The molecular formula is C14H17KO4. The van der Waals surface area contributed by atoms with Gasteiger partial charge in [0.15, 0.2) is 0 Å². The molecule has 0 amide bonds. The second-order valence-corrected chi connectivity index (χ2v) is 4.45. The first-order valence-corrected chi connectivity index (χ1v) is 5.92. The van der Waals surface area contributed by atoms with Gasteiger partial charge in [-0.05, 0) is 17.9 Å². The number of carbonyl (C=O) groups excluding carboxylic acids is 2. The molecule has 2 atom stereocenters. The zero-order valence-corrected chi connectivity index (χ0v) is 14.7. The molecular weight excluding hydrogens is 271 g/mol. The van der Waals surface area contributed by atoms with Gasteiger partial charge in [-0.2, -0.15) is 0 Å². The molecule has 0 heterocycles. The van der Waals surface area contributed by atoms with Gasteiger partial charge in [0.05, 0.1) is 5.92 Å². The van der Waals surface area contributed by atoms with Crippen LogP contribution < -0.4 is 56.5 Å². The zero-order valence-electron chi connectivity index (χ0n) is 11.6. The molecule has 0 fully saturated rings. The minimum absolute atomic E-state index is 0. The van der Waals surface area contributed by atoms with Gasteiger partial charge in [0.2, 0.25) is 0 Å². The largest absolute Gasteiger partial charge is 1.00 e. The second kappa shape index (κ2) is 9.66. The normalized spacial score (nSPS) is 12.9. The molecule has 0 unspecified atom stereocenters. The summed E-state index contributed by atoms with van der Waals surface area (Å²) in [6, 6.07) is 9.34. The molecule has 1 rings (SSSR count). The molecule has 19 heavy (non-hydrogen) atoms. The van der Waals surface area contributed by atoms with Crippen LogP contribution in [0.4, 0.5) is 0 Å². The molecule has 1 aromatic carbocycles.